The molecule has 1 fully saturated rings. The standard InChI is InChI=1S/C21H20N2O3/c1-12-6-5-7-13(2)17(12)22-20(25)18(14-10-11-14)23-16-9-4-3-8-15(16)19(24)21(23)26/h3-9,14,18H,10-11H2,1-2H3,(H,22,25). The van der Waals surface area contributed by atoms with E-state index in [1.54, 1.807) is 24.3 Å². The summed E-state index contributed by atoms with van der Waals surface area (Å²) in [4.78, 5) is 39.5. The number of carbonyl (C=O) groups is 3. The molecule has 1 heterocycles. The van der Waals surface area contributed by atoms with Gasteiger partial charge in [0.05, 0.1) is 11.3 Å². The molecule has 2 amide bonds. The lowest BCUT2D eigenvalue weighted by Gasteiger charge is -2.27. The van der Waals surface area contributed by atoms with Crippen molar-refractivity contribution in [2.75, 3.05) is 10.2 Å². The van der Waals surface area contributed by atoms with Gasteiger partial charge in [-0.15, -0.1) is 0 Å². The Morgan fingerprint density at radius 3 is 2.35 bits per heavy atom. The van der Waals surface area contributed by atoms with E-state index in [1.165, 1.54) is 4.90 Å². The van der Waals surface area contributed by atoms with Crippen molar-refractivity contribution in [3.8, 4) is 0 Å². The fourth-order valence-corrected chi connectivity index (χ4v) is 3.65. The van der Waals surface area contributed by atoms with Crippen LogP contribution in [0.2, 0.25) is 0 Å². The van der Waals surface area contributed by atoms with Crippen LogP contribution in [0.15, 0.2) is 42.5 Å². The molecule has 1 atom stereocenters. The molecule has 1 aliphatic heterocycles. The van der Waals surface area contributed by atoms with Crippen LogP contribution in [0.3, 0.4) is 0 Å². The molecule has 1 aliphatic carbocycles. The first kappa shape index (κ1) is 16.5. The summed E-state index contributed by atoms with van der Waals surface area (Å²) in [6.07, 6.45) is 1.76. The van der Waals surface area contributed by atoms with Gasteiger partial charge in [-0.05, 0) is 55.9 Å². The zero-order valence-electron chi connectivity index (χ0n) is 14.8. The van der Waals surface area contributed by atoms with Crippen LogP contribution in [0, 0.1) is 19.8 Å². The van der Waals surface area contributed by atoms with E-state index >= 15 is 0 Å². The van der Waals surface area contributed by atoms with Gasteiger partial charge in [0.2, 0.25) is 5.91 Å². The molecule has 1 N–H and O–H groups in total. The van der Waals surface area contributed by atoms with Crippen molar-refractivity contribution < 1.29 is 14.4 Å². The maximum absolute atomic E-state index is 13.1. The van der Waals surface area contributed by atoms with Crippen molar-refractivity contribution in [2.45, 2.75) is 32.7 Å². The SMILES string of the molecule is Cc1cccc(C)c1NC(=O)C(C1CC1)N1C(=O)C(=O)c2ccccc21. The smallest absolute Gasteiger partial charge is 0.300 e. The number of nitrogens with one attached hydrogen (secondary N) is 1. The largest absolute Gasteiger partial charge is 0.324 e. The molecule has 2 aliphatic rings. The molecule has 5 heteroatoms. The summed E-state index contributed by atoms with van der Waals surface area (Å²) >= 11 is 0. The summed E-state index contributed by atoms with van der Waals surface area (Å²) in [5.74, 6) is -1.30. The molecule has 0 spiro atoms. The van der Waals surface area contributed by atoms with Gasteiger partial charge in [-0.1, -0.05) is 30.3 Å². The van der Waals surface area contributed by atoms with E-state index in [9.17, 15) is 14.4 Å². The highest BCUT2D eigenvalue weighted by Gasteiger charge is 2.48. The summed E-state index contributed by atoms with van der Waals surface area (Å²) in [7, 11) is 0. The van der Waals surface area contributed by atoms with Gasteiger partial charge in [0.15, 0.2) is 0 Å². The molecular formula is C21H20N2O3. The minimum absolute atomic E-state index is 0.0854. The molecular weight excluding hydrogens is 328 g/mol. The fourth-order valence-electron chi connectivity index (χ4n) is 3.65. The van der Waals surface area contributed by atoms with Crippen molar-refractivity contribution in [2.24, 2.45) is 5.92 Å². The van der Waals surface area contributed by atoms with Crippen LogP contribution in [-0.4, -0.2) is 23.6 Å². The third kappa shape index (κ3) is 2.60. The van der Waals surface area contributed by atoms with Crippen LogP contribution in [-0.2, 0) is 9.59 Å². The van der Waals surface area contributed by atoms with Crippen molar-refractivity contribution >= 4 is 29.0 Å². The van der Waals surface area contributed by atoms with Gasteiger partial charge >= 0.3 is 0 Å². The number of amides is 2. The number of aryl methyl sites for hydroxylation is 2. The van der Waals surface area contributed by atoms with E-state index in [1.807, 2.05) is 32.0 Å². The van der Waals surface area contributed by atoms with Crippen LogP contribution in [0.4, 0.5) is 11.4 Å². The Labute approximate surface area is 152 Å². The molecule has 0 radical (unpaired) electrons. The molecule has 1 saturated carbocycles. The maximum atomic E-state index is 13.1. The van der Waals surface area contributed by atoms with E-state index in [2.05, 4.69) is 5.32 Å². The van der Waals surface area contributed by atoms with Gasteiger partial charge < -0.3 is 5.32 Å². The second kappa shape index (κ2) is 6.09. The molecule has 0 saturated heterocycles. The number of hydrogen-bond donors (Lipinski definition) is 1. The Hall–Kier alpha value is -2.95. The molecule has 2 aromatic carbocycles. The molecule has 1 unspecified atom stereocenters. The monoisotopic (exact) mass is 348 g/mol. The number of anilines is 2. The number of ketones is 1. The minimum Gasteiger partial charge on any atom is -0.324 e. The summed E-state index contributed by atoms with van der Waals surface area (Å²) in [5.41, 5.74) is 3.63. The lowest BCUT2D eigenvalue weighted by atomic mass is 10.1. The number of fused-ring (bicyclic) bond motifs is 1. The van der Waals surface area contributed by atoms with Gasteiger partial charge in [0.1, 0.15) is 6.04 Å². The quantitative estimate of drug-likeness (QED) is 0.863. The third-order valence-electron chi connectivity index (χ3n) is 5.17. The fraction of sp³-hybridized carbons (Fsp3) is 0.286. The van der Waals surface area contributed by atoms with Gasteiger partial charge in [-0.25, -0.2) is 0 Å². The summed E-state index contributed by atoms with van der Waals surface area (Å²) in [6.45, 7) is 3.88. The first-order valence-electron chi connectivity index (χ1n) is 8.83. The Morgan fingerprint density at radius 2 is 1.69 bits per heavy atom. The van der Waals surface area contributed by atoms with E-state index in [-0.39, 0.29) is 11.8 Å². The second-order valence-electron chi connectivity index (χ2n) is 7.06. The highest BCUT2D eigenvalue weighted by Crippen LogP contribution is 2.41. The van der Waals surface area contributed by atoms with E-state index < -0.39 is 17.7 Å². The van der Waals surface area contributed by atoms with Crippen LogP contribution in [0.25, 0.3) is 0 Å². The van der Waals surface area contributed by atoms with Crippen LogP contribution >= 0.6 is 0 Å². The van der Waals surface area contributed by atoms with Crippen molar-refractivity contribution in [1.29, 1.82) is 0 Å². The zero-order chi connectivity index (χ0) is 18.4. The lowest BCUT2D eigenvalue weighted by molar-refractivity contribution is -0.121. The van der Waals surface area contributed by atoms with E-state index in [0.29, 0.717) is 11.3 Å². The number of para-hydroxylation sites is 2. The normalized spacial score (nSPS) is 17.2. The average Bonchev–Trinajstić information content (AvgIpc) is 3.42. The van der Waals surface area contributed by atoms with E-state index in [4.69, 9.17) is 0 Å². The second-order valence-corrected chi connectivity index (χ2v) is 7.06. The Kier molecular flexibility index (Phi) is 3.87. The average molecular weight is 348 g/mol. The molecule has 2 aromatic rings. The van der Waals surface area contributed by atoms with E-state index in [0.717, 1.165) is 29.7 Å². The highest BCUT2D eigenvalue weighted by atomic mass is 16.2. The predicted octanol–water partition coefficient (Wildman–Crippen LogP) is 3.25. The Morgan fingerprint density at radius 1 is 1.04 bits per heavy atom. The first-order chi connectivity index (χ1) is 12.5. The third-order valence-corrected chi connectivity index (χ3v) is 5.17. The van der Waals surface area contributed by atoms with Gasteiger partial charge in [-0.2, -0.15) is 0 Å². The molecule has 0 aromatic heterocycles. The molecule has 132 valence electrons. The number of rotatable bonds is 4. The van der Waals surface area contributed by atoms with Crippen molar-refractivity contribution in [3.05, 3.63) is 59.2 Å². The highest BCUT2D eigenvalue weighted by molar-refractivity contribution is 6.53. The van der Waals surface area contributed by atoms with Crippen molar-refractivity contribution in [3.63, 3.8) is 0 Å². The zero-order valence-corrected chi connectivity index (χ0v) is 14.8. The minimum atomic E-state index is -0.658. The van der Waals surface area contributed by atoms with Crippen LogP contribution in [0.1, 0.15) is 34.3 Å². The van der Waals surface area contributed by atoms with Gasteiger partial charge in [0, 0.05) is 5.69 Å². The number of hydrogen-bond acceptors (Lipinski definition) is 3. The molecule has 4 rings (SSSR count). The van der Waals surface area contributed by atoms with Gasteiger partial charge in [-0.3, -0.25) is 19.3 Å². The number of nitrogens with zero attached hydrogens (tertiary/aromatic N) is 1. The van der Waals surface area contributed by atoms with Gasteiger partial charge in [0.25, 0.3) is 11.7 Å². The predicted molar refractivity (Wildman–Crippen MR) is 99.3 cm³/mol. The number of benzene rings is 2. The summed E-state index contributed by atoms with van der Waals surface area (Å²) < 4.78 is 0. The lowest BCUT2D eigenvalue weighted by Crippen LogP contribution is -2.48. The van der Waals surface area contributed by atoms with Crippen LogP contribution in [0.5, 0.6) is 0 Å². The molecule has 26 heavy (non-hydrogen) atoms. The van der Waals surface area contributed by atoms with Crippen LogP contribution < -0.4 is 10.2 Å². The number of carbonyl (C=O) groups excluding carboxylic acids is 3. The Bertz CT molecular complexity index is 910. The first-order valence-corrected chi connectivity index (χ1v) is 8.83. The summed E-state index contributed by atoms with van der Waals surface area (Å²) in [6, 6.07) is 12.1. The summed E-state index contributed by atoms with van der Waals surface area (Å²) in [5, 5.41) is 3.00. The number of Topliss-reactive ketones (excluding diaryl/α,β-unsaturated/α-hetero) is 1. The topological polar surface area (TPSA) is 66.5 Å². The Balaban J connectivity index is 1.70. The maximum Gasteiger partial charge on any atom is 0.300 e. The van der Waals surface area contributed by atoms with Crippen molar-refractivity contribution in [1.82, 2.24) is 0 Å². The molecule has 0 bridgehead atoms. The molecule has 5 nitrogen and oxygen atoms in total.